The molecule has 11 N–H and O–H groups in total. The van der Waals surface area contributed by atoms with E-state index >= 15 is 0 Å². The summed E-state index contributed by atoms with van der Waals surface area (Å²) in [6.07, 6.45) is -16.6. The molecule has 2 aliphatic heterocycles. The molecule has 10 unspecified atom stereocenters. The zero-order valence-electron chi connectivity index (χ0n) is 22.7. The van der Waals surface area contributed by atoms with Gasteiger partial charge in [-0.3, -0.25) is 4.79 Å². The molecule has 17 heteroatoms. The second-order valence-electron chi connectivity index (χ2n) is 10.4. The third-order valence-electron chi connectivity index (χ3n) is 7.41. The van der Waals surface area contributed by atoms with Gasteiger partial charge >= 0.3 is 0 Å². The summed E-state index contributed by atoms with van der Waals surface area (Å²) in [7, 11) is 0. The van der Waals surface area contributed by atoms with Crippen LogP contribution in [0.2, 0.25) is 0 Å². The molecule has 3 heterocycles. The Balaban J connectivity index is 1.65. The first-order chi connectivity index (χ1) is 20.7. The number of benzene rings is 2. The molecule has 44 heavy (non-hydrogen) atoms. The molecule has 5 rings (SSSR count). The molecule has 10 atom stereocenters. The minimum absolute atomic E-state index is 0.152. The van der Waals surface area contributed by atoms with Crippen LogP contribution in [0.25, 0.3) is 22.3 Å². The summed E-state index contributed by atoms with van der Waals surface area (Å²) in [5.41, 5.74) is -2.06. The summed E-state index contributed by atoms with van der Waals surface area (Å²) in [5.74, 6) is -4.97. The van der Waals surface area contributed by atoms with E-state index in [2.05, 4.69) is 0 Å². The standard InChI is InChI=1S/C27H30O17/c1-7-15(32)19(36)21(38)26(40-7)41-12-5-11(31)14-18(35)25(44-27-22(39)20(37)16(33)13(6-28)42-27)23(43-24(14)17(12)34)8-2-3-9(29)10(30)4-8/h2-5,7,13,15-16,19-22,26-34,36-39H,6H2,1H3. The first kappa shape index (κ1) is 31.5. The summed E-state index contributed by atoms with van der Waals surface area (Å²) < 4.78 is 27.5. The van der Waals surface area contributed by atoms with Gasteiger partial charge in [0.2, 0.25) is 29.5 Å². The molecule has 2 aromatic carbocycles. The predicted octanol–water partition coefficient (Wildman–Crippen LogP) is -2.33. The zero-order chi connectivity index (χ0) is 32.2. The van der Waals surface area contributed by atoms with Crippen LogP contribution in [0.1, 0.15) is 6.92 Å². The molecule has 17 nitrogen and oxygen atoms in total. The maximum atomic E-state index is 13.8. The van der Waals surface area contributed by atoms with Crippen LogP contribution in [0.5, 0.6) is 34.5 Å². The monoisotopic (exact) mass is 626 g/mol. The molecule has 2 fully saturated rings. The van der Waals surface area contributed by atoms with Crippen molar-refractivity contribution < 1.29 is 79.5 Å². The van der Waals surface area contributed by atoms with E-state index in [0.29, 0.717) is 0 Å². The van der Waals surface area contributed by atoms with Gasteiger partial charge in [0, 0.05) is 11.6 Å². The minimum atomic E-state index is -1.97. The van der Waals surface area contributed by atoms with Crippen LogP contribution in [0.4, 0.5) is 0 Å². The van der Waals surface area contributed by atoms with Gasteiger partial charge in [0.25, 0.3) is 0 Å². The Kier molecular flexibility index (Phi) is 8.51. The fourth-order valence-corrected chi connectivity index (χ4v) is 4.86. The van der Waals surface area contributed by atoms with E-state index in [0.717, 1.165) is 24.3 Å². The highest BCUT2D eigenvalue weighted by Crippen LogP contribution is 2.45. The second-order valence-corrected chi connectivity index (χ2v) is 10.4. The molecule has 0 saturated carbocycles. The van der Waals surface area contributed by atoms with Gasteiger partial charge in [-0.05, 0) is 25.1 Å². The fourth-order valence-electron chi connectivity index (χ4n) is 4.86. The summed E-state index contributed by atoms with van der Waals surface area (Å²) in [4.78, 5) is 13.8. The topological polar surface area (TPSA) is 290 Å². The van der Waals surface area contributed by atoms with E-state index < -0.39 is 125 Å². The minimum Gasteiger partial charge on any atom is -0.507 e. The molecular weight excluding hydrogens is 596 g/mol. The van der Waals surface area contributed by atoms with Gasteiger partial charge in [0.15, 0.2) is 28.6 Å². The van der Waals surface area contributed by atoms with E-state index in [4.69, 9.17) is 23.4 Å². The Hall–Kier alpha value is -3.91. The van der Waals surface area contributed by atoms with Gasteiger partial charge < -0.3 is 79.5 Å². The number of fused-ring (bicyclic) bond motifs is 1. The van der Waals surface area contributed by atoms with Crippen LogP contribution in [0.15, 0.2) is 33.5 Å². The van der Waals surface area contributed by atoms with E-state index in [1.165, 1.54) is 6.92 Å². The van der Waals surface area contributed by atoms with Crippen molar-refractivity contribution >= 4 is 11.0 Å². The van der Waals surface area contributed by atoms with Crippen molar-refractivity contribution in [2.24, 2.45) is 0 Å². The highest BCUT2D eigenvalue weighted by Gasteiger charge is 2.46. The van der Waals surface area contributed by atoms with Gasteiger partial charge in [0.1, 0.15) is 53.9 Å². The Bertz CT molecular complexity index is 1590. The number of aliphatic hydroxyl groups excluding tert-OH is 7. The van der Waals surface area contributed by atoms with Crippen LogP contribution in [0.3, 0.4) is 0 Å². The average molecular weight is 627 g/mol. The molecule has 0 spiro atoms. The van der Waals surface area contributed by atoms with E-state index in [-0.39, 0.29) is 5.56 Å². The van der Waals surface area contributed by atoms with Crippen molar-refractivity contribution in [3.05, 3.63) is 34.5 Å². The highest BCUT2D eigenvalue weighted by molar-refractivity contribution is 5.93. The third-order valence-corrected chi connectivity index (χ3v) is 7.41. The van der Waals surface area contributed by atoms with Crippen LogP contribution >= 0.6 is 0 Å². The SMILES string of the molecule is CC1OC(Oc2cc(O)c3c(=O)c(OC4OC(CO)C(O)C(O)C4O)c(-c4ccc(O)c(O)c4)oc3c2O)C(O)C(O)C1O. The number of hydrogen-bond donors (Lipinski definition) is 11. The first-order valence-corrected chi connectivity index (χ1v) is 13.2. The number of phenols is 4. The van der Waals surface area contributed by atoms with E-state index in [1.54, 1.807) is 0 Å². The van der Waals surface area contributed by atoms with Crippen molar-refractivity contribution in [1.82, 2.24) is 0 Å². The summed E-state index contributed by atoms with van der Waals surface area (Å²) >= 11 is 0. The van der Waals surface area contributed by atoms with Crippen molar-refractivity contribution in [1.29, 1.82) is 0 Å². The lowest BCUT2D eigenvalue weighted by molar-refractivity contribution is -0.277. The molecule has 240 valence electrons. The quantitative estimate of drug-likeness (QED) is 0.101. The molecule has 2 saturated heterocycles. The van der Waals surface area contributed by atoms with Crippen LogP contribution in [-0.2, 0) is 9.47 Å². The number of phenolic OH excluding ortho intramolecular Hbond substituents is 4. The predicted molar refractivity (Wildman–Crippen MR) is 142 cm³/mol. The van der Waals surface area contributed by atoms with Crippen LogP contribution in [0, 0.1) is 0 Å². The number of ether oxygens (including phenoxy) is 4. The van der Waals surface area contributed by atoms with Crippen molar-refractivity contribution in [2.75, 3.05) is 6.61 Å². The molecule has 0 bridgehead atoms. The fraction of sp³-hybridized carbons (Fsp3) is 0.444. The highest BCUT2D eigenvalue weighted by atomic mass is 16.7. The van der Waals surface area contributed by atoms with Gasteiger partial charge in [-0.15, -0.1) is 0 Å². The van der Waals surface area contributed by atoms with Gasteiger partial charge in [-0.2, -0.15) is 0 Å². The number of aliphatic hydroxyl groups is 7. The molecule has 0 amide bonds. The lowest BCUT2D eigenvalue weighted by atomic mass is 9.99. The van der Waals surface area contributed by atoms with Gasteiger partial charge in [-0.1, -0.05) is 0 Å². The van der Waals surface area contributed by atoms with E-state index in [1.807, 2.05) is 0 Å². The lowest BCUT2D eigenvalue weighted by Crippen LogP contribution is -2.60. The maximum Gasteiger partial charge on any atom is 0.239 e. The molecular formula is C27H30O17. The summed E-state index contributed by atoms with van der Waals surface area (Å²) in [5, 5.41) is 112. The number of aromatic hydroxyl groups is 4. The zero-order valence-corrected chi connectivity index (χ0v) is 22.7. The van der Waals surface area contributed by atoms with Crippen molar-refractivity contribution in [3.8, 4) is 45.8 Å². The maximum absolute atomic E-state index is 13.8. The number of rotatable bonds is 6. The normalized spacial score (nSPS) is 32.5. The summed E-state index contributed by atoms with van der Waals surface area (Å²) in [6.45, 7) is 0.560. The average Bonchev–Trinajstić information content (AvgIpc) is 2.99. The van der Waals surface area contributed by atoms with Crippen molar-refractivity contribution in [3.63, 3.8) is 0 Å². The molecule has 1 aromatic heterocycles. The largest absolute Gasteiger partial charge is 0.507 e. The third kappa shape index (κ3) is 5.34. The smallest absolute Gasteiger partial charge is 0.239 e. The Morgan fingerprint density at radius 2 is 1.39 bits per heavy atom. The van der Waals surface area contributed by atoms with Crippen LogP contribution in [-0.4, -0.2) is 124 Å². The number of hydrogen-bond acceptors (Lipinski definition) is 17. The van der Waals surface area contributed by atoms with Crippen LogP contribution < -0.4 is 14.9 Å². The molecule has 2 aliphatic rings. The molecule has 3 aromatic rings. The Morgan fingerprint density at radius 1 is 0.750 bits per heavy atom. The Morgan fingerprint density at radius 3 is 2.02 bits per heavy atom. The van der Waals surface area contributed by atoms with Crippen molar-refractivity contribution in [2.45, 2.75) is 68.3 Å². The molecule has 0 radical (unpaired) electrons. The van der Waals surface area contributed by atoms with Gasteiger partial charge in [-0.25, -0.2) is 0 Å². The second kappa shape index (κ2) is 11.9. The van der Waals surface area contributed by atoms with E-state index in [9.17, 15) is 61.0 Å². The van der Waals surface area contributed by atoms with Gasteiger partial charge in [0.05, 0.1) is 12.7 Å². The lowest BCUT2D eigenvalue weighted by Gasteiger charge is -2.39. The Labute approximate surface area is 246 Å². The molecule has 0 aliphatic carbocycles. The summed E-state index contributed by atoms with van der Waals surface area (Å²) in [6, 6.07) is 3.89. The first-order valence-electron chi connectivity index (χ1n) is 13.2.